The summed E-state index contributed by atoms with van der Waals surface area (Å²) in [5, 5.41) is 18.0. The molecule has 228 valence electrons. The molecule has 13 heteroatoms. The third-order valence-electron chi connectivity index (χ3n) is 9.56. The van der Waals surface area contributed by atoms with Gasteiger partial charge in [-0.15, -0.1) is 0 Å². The van der Waals surface area contributed by atoms with Crippen molar-refractivity contribution in [2.45, 2.75) is 36.3 Å². The molecule has 13 nitrogen and oxygen atoms in total. The summed E-state index contributed by atoms with van der Waals surface area (Å²) >= 11 is 0. The second kappa shape index (κ2) is 9.79. The molecule has 0 radical (unpaired) electrons. The largest absolute Gasteiger partial charge is 0.386 e. The molecule has 5 aliphatic rings. The van der Waals surface area contributed by atoms with Crippen molar-refractivity contribution in [3.05, 3.63) is 89.5 Å². The lowest BCUT2D eigenvalue weighted by atomic mass is 9.87. The SMILES string of the molecule is NC1=NC2C(CN3C(=O)CN(c4ccccc4)C3=O)N=C(N)N3C[C@H](NC(=O)c4cccc5c4Cc4ccccc4-5)C(O)C23N1. The average Bonchev–Trinajstić information content (AvgIpc) is 3.76. The maximum Gasteiger partial charge on any atom is 0.331 e. The quantitative estimate of drug-likeness (QED) is 0.200. The number of hydrogen-bond acceptors (Lipinski definition) is 10. The molecule has 0 aromatic heterocycles. The monoisotopic (exact) mass is 605 g/mol. The van der Waals surface area contributed by atoms with E-state index in [0.29, 0.717) is 17.7 Å². The number of imide groups is 1. The van der Waals surface area contributed by atoms with Crippen LogP contribution in [0.25, 0.3) is 11.1 Å². The standard InChI is InChI=1S/C32H31N9O4/c33-29-37-26-23(14-40-25(42)16-39(31(40)45)18-8-2-1-3-9-18)36-30(34)41-15-24(27(43)32(26,41)38-29)35-28(44)21-12-6-11-20-19-10-5-4-7-17(19)13-22(20)21/h1-12,23-24,26-27,43H,13-16H2,(H2,34,36)(H,35,44)(H3,33,37,38)/t23?,24-,26?,27?,32?/m0/s1. The van der Waals surface area contributed by atoms with E-state index in [4.69, 9.17) is 11.5 Å². The zero-order valence-electron chi connectivity index (χ0n) is 24.1. The van der Waals surface area contributed by atoms with Crippen LogP contribution in [0.3, 0.4) is 0 Å². The van der Waals surface area contributed by atoms with Gasteiger partial charge >= 0.3 is 6.03 Å². The molecule has 4 heterocycles. The zero-order chi connectivity index (χ0) is 31.0. The molecular formula is C32H31N9O4. The number of rotatable bonds is 5. The first kappa shape index (κ1) is 27.1. The van der Waals surface area contributed by atoms with Crippen molar-refractivity contribution >= 4 is 35.5 Å². The first-order valence-electron chi connectivity index (χ1n) is 14.8. The Morgan fingerprint density at radius 2 is 1.76 bits per heavy atom. The molecular weight excluding hydrogens is 574 g/mol. The molecule has 2 saturated heterocycles. The molecule has 5 atom stereocenters. The first-order valence-corrected chi connectivity index (χ1v) is 14.8. The van der Waals surface area contributed by atoms with Gasteiger partial charge in [0.25, 0.3) is 11.8 Å². The highest BCUT2D eigenvalue weighted by Gasteiger charge is 2.66. The lowest BCUT2D eigenvalue weighted by molar-refractivity contribution is -0.125. The fourth-order valence-electron chi connectivity index (χ4n) is 7.52. The summed E-state index contributed by atoms with van der Waals surface area (Å²) in [6.07, 6.45) is -0.573. The Balaban J connectivity index is 1.05. The molecule has 3 aromatic rings. The van der Waals surface area contributed by atoms with Gasteiger partial charge in [-0.2, -0.15) is 0 Å². The number of guanidine groups is 2. The van der Waals surface area contributed by atoms with E-state index >= 15 is 0 Å². The van der Waals surface area contributed by atoms with E-state index in [1.807, 2.05) is 30.3 Å². The number of fused-ring (bicyclic) bond motifs is 3. The molecule has 1 spiro atoms. The Hall–Kier alpha value is -5.43. The van der Waals surface area contributed by atoms with Crippen molar-refractivity contribution in [2.24, 2.45) is 21.5 Å². The fourth-order valence-corrected chi connectivity index (χ4v) is 7.52. The van der Waals surface area contributed by atoms with Crippen molar-refractivity contribution in [3.63, 3.8) is 0 Å². The molecule has 7 N–H and O–H groups in total. The van der Waals surface area contributed by atoms with Crippen molar-refractivity contribution in [1.29, 1.82) is 0 Å². The highest BCUT2D eigenvalue weighted by Crippen LogP contribution is 2.41. The molecule has 0 bridgehead atoms. The molecule has 1 aliphatic carbocycles. The van der Waals surface area contributed by atoms with Crippen LogP contribution in [0.4, 0.5) is 10.5 Å². The number of carbonyl (C=O) groups is 3. The van der Waals surface area contributed by atoms with Gasteiger partial charge in [0, 0.05) is 17.8 Å². The normalized spacial score (nSPS) is 27.8. The Kier molecular flexibility index (Phi) is 5.91. The van der Waals surface area contributed by atoms with Crippen LogP contribution in [-0.4, -0.2) is 94.2 Å². The minimum atomic E-state index is -1.33. The summed E-state index contributed by atoms with van der Waals surface area (Å²) in [5.41, 5.74) is 16.7. The number of aliphatic hydroxyl groups is 1. The Labute approximate surface area is 258 Å². The van der Waals surface area contributed by atoms with E-state index in [-0.39, 0.29) is 43.4 Å². The number of benzene rings is 3. The van der Waals surface area contributed by atoms with Crippen LogP contribution in [0.2, 0.25) is 0 Å². The number of aliphatic imine (C=N–C) groups is 2. The molecule has 8 rings (SSSR count). The number of nitrogens with zero attached hydrogens (tertiary/aromatic N) is 5. The lowest BCUT2D eigenvalue weighted by Gasteiger charge is -2.46. The predicted octanol–water partition coefficient (Wildman–Crippen LogP) is 0.181. The minimum absolute atomic E-state index is 0.0644. The summed E-state index contributed by atoms with van der Waals surface area (Å²) in [6, 6.07) is 19.9. The van der Waals surface area contributed by atoms with Gasteiger partial charge in [0.05, 0.1) is 18.6 Å². The van der Waals surface area contributed by atoms with Gasteiger partial charge in [0.1, 0.15) is 18.7 Å². The number of carbonyl (C=O) groups excluding carboxylic acids is 3. The molecule has 4 unspecified atom stereocenters. The number of para-hydroxylation sites is 1. The van der Waals surface area contributed by atoms with Gasteiger partial charge < -0.3 is 32.1 Å². The van der Waals surface area contributed by atoms with E-state index < -0.39 is 35.9 Å². The highest BCUT2D eigenvalue weighted by molar-refractivity contribution is 6.12. The van der Waals surface area contributed by atoms with Crippen molar-refractivity contribution in [1.82, 2.24) is 20.4 Å². The van der Waals surface area contributed by atoms with Crippen LogP contribution in [0, 0.1) is 0 Å². The highest BCUT2D eigenvalue weighted by atomic mass is 16.3. The summed E-state index contributed by atoms with van der Waals surface area (Å²) in [4.78, 5) is 53.5. The van der Waals surface area contributed by atoms with Gasteiger partial charge in [-0.05, 0) is 46.9 Å². The predicted molar refractivity (Wildman–Crippen MR) is 166 cm³/mol. The molecule has 4 amide bonds. The number of amides is 4. The Morgan fingerprint density at radius 3 is 2.58 bits per heavy atom. The topological polar surface area (TPSA) is 182 Å². The van der Waals surface area contributed by atoms with Crippen LogP contribution < -0.4 is 27.0 Å². The molecule has 2 fully saturated rings. The number of aliphatic hydroxyl groups excluding tert-OH is 1. The summed E-state index contributed by atoms with van der Waals surface area (Å²) in [5.74, 6) is -0.551. The van der Waals surface area contributed by atoms with Crippen LogP contribution >= 0.6 is 0 Å². The lowest BCUT2D eigenvalue weighted by Crippen LogP contribution is -2.73. The second-order valence-corrected chi connectivity index (χ2v) is 12.0. The molecule has 3 aromatic carbocycles. The van der Waals surface area contributed by atoms with Crippen LogP contribution in [0.5, 0.6) is 0 Å². The first-order chi connectivity index (χ1) is 21.8. The van der Waals surface area contributed by atoms with E-state index in [9.17, 15) is 19.5 Å². The van der Waals surface area contributed by atoms with E-state index in [1.54, 1.807) is 35.2 Å². The van der Waals surface area contributed by atoms with Crippen LogP contribution in [0.15, 0.2) is 82.8 Å². The third kappa shape index (κ3) is 3.93. The van der Waals surface area contributed by atoms with Gasteiger partial charge in [-0.3, -0.25) is 19.4 Å². The number of nitrogens with one attached hydrogen (secondary N) is 2. The average molecular weight is 606 g/mol. The van der Waals surface area contributed by atoms with E-state index in [1.165, 1.54) is 4.90 Å². The summed E-state index contributed by atoms with van der Waals surface area (Å²) < 4.78 is 0. The zero-order valence-corrected chi connectivity index (χ0v) is 24.1. The van der Waals surface area contributed by atoms with Crippen molar-refractivity contribution < 1.29 is 19.5 Å². The summed E-state index contributed by atoms with van der Waals surface area (Å²) in [6.45, 7) is -0.0773. The van der Waals surface area contributed by atoms with E-state index in [2.05, 4.69) is 32.8 Å². The van der Waals surface area contributed by atoms with E-state index in [0.717, 1.165) is 27.2 Å². The minimum Gasteiger partial charge on any atom is -0.386 e. The Morgan fingerprint density at radius 1 is 1.00 bits per heavy atom. The maximum absolute atomic E-state index is 13.8. The summed E-state index contributed by atoms with van der Waals surface area (Å²) in [7, 11) is 0. The smallest absolute Gasteiger partial charge is 0.331 e. The maximum atomic E-state index is 13.8. The van der Waals surface area contributed by atoms with Gasteiger partial charge in [0.2, 0.25) is 0 Å². The number of hydrogen-bond donors (Lipinski definition) is 5. The van der Waals surface area contributed by atoms with Crippen molar-refractivity contribution in [3.8, 4) is 11.1 Å². The number of urea groups is 1. The van der Waals surface area contributed by atoms with Gasteiger partial charge in [0.15, 0.2) is 17.6 Å². The van der Waals surface area contributed by atoms with Gasteiger partial charge in [-0.1, -0.05) is 54.6 Å². The molecule has 45 heavy (non-hydrogen) atoms. The van der Waals surface area contributed by atoms with Gasteiger partial charge in [-0.25, -0.2) is 14.8 Å². The molecule has 4 aliphatic heterocycles. The number of nitrogens with two attached hydrogens (primary N) is 2. The third-order valence-corrected chi connectivity index (χ3v) is 9.56. The fraction of sp³-hybridized carbons (Fsp3) is 0.281. The Bertz CT molecular complexity index is 1830. The van der Waals surface area contributed by atoms with Crippen molar-refractivity contribution in [2.75, 3.05) is 24.5 Å². The number of anilines is 1. The molecule has 0 saturated carbocycles. The second-order valence-electron chi connectivity index (χ2n) is 12.0. The van der Waals surface area contributed by atoms with Crippen LogP contribution in [0.1, 0.15) is 21.5 Å². The van der Waals surface area contributed by atoms with Crippen LogP contribution in [-0.2, 0) is 11.2 Å².